The number of amides is 1. The minimum absolute atomic E-state index is 0.00459. The zero-order chi connectivity index (χ0) is 18.4. The van der Waals surface area contributed by atoms with Crippen LogP contribution in [-0.2, 0) is 4.74 Å². The Morgan fingerprint density at radius 2 is 2.12 bits per heavy atom. The van der Waals surface area contributed by atoms with Crippen LogP contribution < -0.4 is 14.8 Å². The quantitative estimate of drug-likeness (QED) is 0.444. The summed E-state index contributed by atoms with van der Waals surface area (Å²) in [5, 5.41) is 14.7. The fourth-order valence-electron chi connectivity index (χ4n) is 2.67. The number of nitro benzene ring substituents is 1. The van der Waals surface area contributed by atoms with Crippen LogP contribution in [-0.4, -0.2) is 68.8 Å². The number of carbonyl (C=O) groups excluding carboxylic acids is 1. The van der Waals surface area contributed by atoms with Crippen LogP contribution in [0.4, 0.5) is 5.69 Å². The Hall–Kier alpha value is -2.39. The predicted molar refractivity (Wildman–Crippen MR) is 90.4 cm³/mol. The summed E-state index contributed by atoms with van der Waals surface area (Å²) in [4.78, 5) is 25.3. The Morgan fingerprint density at radius 3 is 2.72 bits per heavy atom. The van der Waals surface area contributed by atoms with Crippen LogP contribution in [0.5, 0.6) is 11.5 Å². The van der Waals surface area contributed by atoms with Crippen molar-refractivity contribution < 1.29 is 23.9 Å². The minimum atomic E-state index is -0.582. The molecule has 25 heavy (non-hydrogen) atoms. The zero-order valence-electron chi connectivity index (χ0n) is 14.6. The molecule has 1 aromatic rings. The van der Waals surface area contributed by atoms with Crippen molar-refractivity contribution in [2.75, 3.05) is 47.1 Å². The number of carbonyl (C=O) groups is 1. The fraction of sp³-hybridized carbons (Fsp3) is 0.562. The van der Waals surface area contributed by atoms with Gasteiger partial charge in [0.25, 0.3) is 11.6 Å². The summed E-state index contributed by atoms with van der Waals surface area (Å²) in [6, 6.07) is 2.73. The van der Waals surface area contributed by atoms with Crippen molar-refractivity contribution in [1.82, 2.24) is 10.2 Å². The standard InChI is InChI=1S/C16H23N3O6/c1-11-10-18(5-4-17-11)16(20)12-8-14(24-3)15(25-7-6-23-2)9-13(12)19(21)22/h8-9,11,17H,4-7,10H2,1-3H3. The summed E-state index contributed by atoms with van der Waals surface area (Å²) >= 11 is 0. The molecule has 0 bridgehead atoms. The highest BCUT2D eigenvalue weighted by Gasteiger charge is 2.30. The summed E-state index contributed by atoms with van der Waals surface area (Å²) < 4.78 is 15.6. The molecule has 1 aromatic carbocycles. The molecule has 138 valence electrons. The van der Waals surface area contributed by atoms with Gasteiger partial charge in [-0.25, -0.2) is 0 Å². The van der Waals surface area contributed by atoms with Crippen LogP contribution in [0.1, 0.15) is 17.3 Å². The van der Waals surface area contributed by atoms with E-state index in [0.717, 1.165) is 0 Å². The maximum absolute atomic E-state index is 12.8. The molecule has 1 aliphatic heterocycles. The van der Waals surface area contributed by atoms with E-state index in [1.165, 1.54) is 26.4 Å². The van der Waals surface area contributed by atoms with Crippen molar-refractivity contribution in [3.8, 4) is 11.5 Å². The lowest BCUT2D eigenvalue weighted by Gasteiger charge is -2.31. The van der Waals surface area contributed by atoms with Gasteiger partial charge in [-0.2, -0.15) is 0 Å². The molecule has 1 N–H and O–H groups in total. The van der Waals surface area contributed by atoms with Crippen LogP contribution in [0.3, 0.4) is 0 Å². The first-order chi connectivity index (χ1) is 12.0. The number of benzene rings is 1. The van der Waals surface area contributed by atoms with E-state index in [-0.39, 0.29) is 41.3 Å². The number of hydrogen-bond acceptors (Lipinski definition) is 7. The molecule has 9 heteroatoms. The van der Waals surface area contributed by atoms with Gasteiger partial charge in [0.2, 0.25) is 0 Å². The lowest BCUT2D eigenvalue weighted by Crippen LogP contribution is -2.51. The number of hydrogen-bond donors (Lipinski definition) is 1. The SMILES string of the molecule is COCCOc1cc([N+](=O)[O-])c(C(=O)N2CCNC(C)C2)cc1OC. The lowest BCUT2D eigenvalue weighted by molar-refractivity contribution is -0.385. The van der Waals surface area contributed by atoms with Gasteiger partial charge < -0.3 is 24.4 Å². The van der Waals surface area contributed by atoms with Gasteiger partial charge in [0.15, 0.2) is 11.5 Å². The van der Waals surface area contributed by atoms with Crippen molar-refractivity contribution in [1.29, 1.82) is 0 Å². The number of nitrogens with zero attached hydrogens (tertiary/aromatic N) is 2. The first kappa shape index (κ1) is 18.9. The summed E-state index contributed by atoms with van der Waals surface area (Å²) in [5.41, 5.74) is -0.306. The van der Waals surface area contributed by atoms with Gasteiger partial charge in [-0.05, 0) is 6.92 Å². The van der Waals surface area contributed by atoms with E-state index in [2.05, 4.69) is 5.32 Å². The van der Waals surface area contributed by atoms with Gasteiger partial charge in [-0.3, -0.25) is 14.9 Å². The highest BCUT2D eigenvalue weighted by molar-refractivity contribution is 5.99. The topological polar surface area (TPSA) is 103 Å². The van der Waals surface area contributed by atoms with Crippen molar-refractivity contribution >= 4 is 11.6 Å². The van der Waals surface area contributed by atoms with E-state index < -0.39 is 4.92 Å². The first-order valence-corrected chi connectivity index (χ1v) is 7.98. The van der Waals surface area contributed by atoms with E-state index in [9.17, 15) is 14.9 Å². The molecule has 0 saturated carbocycles. The number of ether oxygens (including phenoxy) is 3. The van der Waals surface area contributed by atoms with E-state index in [1.807, 2.05) is 6.92 Å². The molecule has 0 aliphatic carbocycles. The van der Waals surface area contributed by atoms with Crippen molar-refractivity contribution in [3.63, 3.8) is 0 Å². The molecular formula is C16H23N3O6. The average molecular weight is 353 g/mol. The molecule has 9 nitrogen and oxygen atoms in total. The van der Waals surface area contributed by atoms with Crippen LogP contribution >= 0.6 is 0 Å². The van der Waals surface area contributed by atoms with Gasteiger partial charge in [0.1, 0.15) is 12.2 Å². The summed E-state index contributed by atoms with van der Waals surface area (Å²) in [6.45, 7) is 4.14. The molecule has 1 amide bonds. The number of piperazine rings is 1. The third-order valence-corrected chi connectivity index (χ3v) is 3.91. The number of nitro groups is 1. The predicted octanol–water partition coefficient (Wildman–Crippen LogP) is 1.06. The Morgan fingerprint density at radius 1 is 1.36 bits per heavy atom. The van der Waals surface area contributed by atoms with E-state index in [0.29, 0.717) is 26.2 Å². The number of methoxy groups -OCH3 is 2. The smallest absolute Gasteiger partial charge is 0.286 e. The maximum Gasteiger partial charge on any atom is 0.286 e. The second-order valence-corrected chi connectivity index (χ2v) is 5.72. The monoisotopic (exact) mass is 353 g/mol. The minimum Gasteiger partial charge on any atom is -0.493 e. The fourth-order valence-corrected chi connectivity index (χ4v) is 2.67. The molecule has 1 unspecified atom stereocenters. The highest BCUT2D eigenvalue weighted by atomic mass is 16.6. The van der Waals surface area contributed by atoms with Gasteiger partial charge in [0.05, 0.1) is 24.7 Å². The molecule has 0 spiro atoms. The van der Waals surface area contributed by atoms with Crippen LogP contribution in [0.15, 0.2) is 12.1 Å². The largest absolute Gasteiger partial charge is 0.493 e. The Kier molecular flexibility index (Phi) is 6.54. The highest BCUT2D eigenvalue weighted by Crippen LogP contribution is 2.35. The maximum atomic E-state index is 12.8. The Balaban J connectivity index is 2.35. The van der Waals surface area contributed by atoms with Crippen molar-refractivity contribution in [2.24, 2.45) is 0 Å². The van der Waals surface area contributed by atoms with Crippen LogP contribution in [0.25, 0.3) is 0 Å². The Labute approximate surface area is 146 Å². The third-order valence-electron chi connectivity index (χ3n) is 3.91. The van der Waals surface area contributed by atoms with Crippen LogP contribution in [0, 0.1) is 10.1 Å². The van der Waals surface area contributed by atoms with Gasteiger partial charge in [0, 0.05) is 38.9 Å². The van der Waals surface area contributed by atoms with E-state index >= 15 is 0 Å². The molecule has 0 radical (unpaired) electrons. The number of rotatable bonds is 7. The molecule has 1 fully saturated rings. The third kappa shape index (κ3) is 4.58. The molecule has 0 aromatic heterocycles. The molecule has 1 saturated heterocycles. The van der Waals surface area contributed by atoms with Crippen molar-refractivity contribution in [3.05, 3.63) is 27.8 Å². The second-order valence-electron chi connectivity index (χ2n) is 5.72. The summed E-state index contributed by atoms with van der Waals surface area (Å²) in [6.07, 6.45) is 0. The van der Waals surface area contributed by atoms with E-state index in [1.54, 1.807) is 4.90 Å². The zero-order valence-corrected chi connectivity index (χ0v) is 14.6. The molecule has 1 atom stereocenters. The molecule has 2 rings (SSSR count). The van der Waals surface area contributed by atoms with Gasteiger partial charge in [-0.15, -0.1) is 0 Å². The summed E-state index contributed by atoms with van der Waals surface area (Å²) in [7, 11) is 2.95. The molecule has 1 aliphatic rings. The number of nitrogens with one attached hydrogen (secondary N) is 1. The second kappa shape index (κ2) is 8.63. The van der Waals surface area contributed by atoms with Gasteiger partial charge in [-0.1, -0.05) is 0 Å². The first-order valence-electron chi connectivity index (χ1n) is 7.98. The lowest BCUT2D eigenvalue weighted by atomic mass is 10.1. The van der Waals surface area contributed by atoms with Gasteiger partial charge >= 0.3 is 0 Å². The molecule has 1 heterocycles. The van der Waals surface area contributed by atoms with Crippen molar-refractivity contribution in [2.45, 2.75) is 13.0 Å². The van der Waals surface area contributed by atoms with E-state index in [4.69, 9.17) is 14.2 Å². The Bertz CT molecular complexity index is 637. The normalized spacial score (nSPS) is 17.2. The average Bonchev–Trinajstić information content (AvgIpc) is 2.60. The molecular weight excluding hydrogens is 330 g/mol. The van der Waals surface area contributed by atoms with Crippen LogP contribution in [0.2, 0.25) is 0 Å². The summed E-state index contributed by atoms with van der Waals surface area (Å²) in [5.74, 6) is 0.0894.